The number of hydrogen-bond acceptors (Lipinski definition) is 5. The Bertz CT molecular complexity index is 1100. The van der Waals surface area contributed by atoms with E-state index >= 15 is 0 Å². The van der Waals surface area contributed by atoms with Crippen LogP contribution < -0.4 is 9.64 Å². The summed E-state index contributed by atoms with van der Waals surface area (Å²) in [6, 6.07) is 11.2. The van der Waals surface area contributed by atoms with Crippen LogP contribution in [0.3, 0.4) is 0 Å². The maximum absolute atomic E-state index is 13.6. The normalized spacial score (nSPS) is 17.3. The number of carbonyl (C=O) groups excluding carboxylic acids is 2. The van der Waals surface area contributed by atoms with E-state index in [1.165, 1.54) is 28.6 Å². The highest BCUT2D eigenvalue weighted by Crippen LogP contribution is 2.36. The fraction of sp³-hybridized carbons (Fsp3) is 0.391. The van der Waals surface area contributed by atoms with Gasteiger partial charge in [-0.25, -0.2) is 13.3 Å². The Morgan fingerprint density at radius 1 is 1.06 bits per heavy atom. The van der Waals surface area contributed by atoms with Crippen LogP contribution in [0.2, 0.25) is 5.02 Å². The zero-order chi connectivity index (χ0) is 23.7. The van der Waals surface area contributed by atoms with Crippen molar-refractivity contribution >= 4 is 39.1 Å². The van der Waals surface area contributed by atoms with Crippen molar-refractivity contribution in [2.75, 3.05) is 11.5 Å². The third kappa shape index (κ3) is 4.53. The van der Waals surface area contributed by atoms with E-state index in [1.54, 1.807) is 38.1 Å². The first-order valence-corrected chi connectivity index (χ1v) is 12.2. The molecule has 32 heavy (non-hydrogen) atoms. The van der Waals surface area contributed by atoms with E-state index < -0.39 is 33.4 Å². The maximum Gasteiger partial charge on any atom is 0.252 e. The third-order valence-corrected chi connectivity index (χ3v) is 8.03. The van der Waals surface area contributed by atoms with Crippen LogP contribution in [0.4, 0.5) is 5.69 Å². The first kappa shape index (κ1) is 24.2. The van der Waals surface area contributed by atoms with Gasteiger partial charge in [-0.2, -0.15) is 4.31 Å². The number of imide groups is 1. The lowest BCUT2D eigenvalue weighted by molar-refractivity contribution is -0.122. The average Bonchev–Trinajstić information content (AvgIpc) is 3.02. The average molecular weight is 479 g/mol. The quantitative estimate of drug-likeness (QED) is 0.529. The van der Waals surface area contributed by atoms with Crippen LogP contribution in [-0.4, -0.2) is 42.7 Å². The Morgan fingerprint density at radius 3 is 2.19 bits per heavy atom. The lowest BCUT2D eigenvalue weighted by atomic mass is 10.00. The van der Waals surface area contributed by atoms with Crippen molar-refractivity contribution in [3.05, 3.63) is 53.6 Å². The van der Waals surface area contributed by atoms with Gasteiger partial charge in [0.25, 0.3) is 5.91 Å². The summed E-state index contributed by atoms with van der Waals surface area (Å²) in [5, 5.41) is 0.402. The highest BCUT2D eigenvalue weighted by atomic mass is 35.5. The van der Waals surface area contributed by atoms with E-state index in [4.69, 9.17) is 16.3 Å². The summed E-state index contributed by atoms with van der Waals surface area (Å²) < 4.78 is 33.9. The number of amides is 2. The van der Waals surface area contributed by atoms with Gasteiger partial charge >= 0.3 is 0 Å². The molecule has 0 aromatic heterocycles. The van der Waals surface area contributed by atoms with Crippen LogP contribution in [0.25, 0.3) is 0 Å². The van der Waals surface area contributed by atoms with Gasteiger partial charge in [-0.15, -0.1) is 0 Å². The number of anilines is 1. The van der Waals surface area contributed by atoms with Crippen molar-refractivity contribution in [2.24, 2.45) is 0 Å². The second-order valence-corrected chi connectivity index (χ2v) is 10.4. The Morgan fingerprint density at radius 2 is 1.66 bits per heavy atom. The minimum Gasteiger partial charge on any atom is -0.494 e. The van der Waals surface area contributed by atoms with Crippen LogP contribution in [0.15, 0.2) is 53.4 Å². The van der Waals surface area contributed by atoms with Crippen molar-refractivity contribution in [1.82, 2.24) is 4.31 Å². The fourth-order valence-corrected chi connectivity index (χ4v) is 5.83. The van der Waals surface area contributed by atoms with Gasteiger partial charge in [0.1, 0.15) is 11.8 Å². The van der Waals surface area contributed by atoms with Gasteiger partial charge in [-0.3, -0.25) is 9.59 Å². The zero-order valence-corrected chi connectivity index (χ0v) is 20.1. The van der Waals surface area contributed by atoms with Gasteiger partial charge in [-0.1, -0.05) is 18.5 Å². The Labute approximate surface area is 194 Å². The van der Waals surface area contributed by atoms with Crippen molar-refractivity contribution in [3.63, 3.8) is 0 Å². The van der Waals surface area contributed by atoms with E-state index in [-0.39, 0.29) is 11.3 Å². The lowest BCUT2D eigenvalue weighted by Crippen LogP contribution is -2.55. The Kier molecular flexibility index (Phi) is 6.97. The van der Waals surface area contributed by atoms with Crippen LogP contribution in [-0.2, 0) is 19.6 Å². The zero-order valence-electron chi connectivity index (χ0n) is 18.5. The van der Waals surface area contributed by atoms with Gasteiger partial charge in [0, 0.05) is 10.6 Å². The van der Waals surface area contributed by atoms with Gasteiger partial charge in [-0.05, 0) is 75.7 Å². The predicted octanol–water partition coefficient (Wildman–Crippen LogP) is 4.25. The molecular formula is C23H27ClN2O5S. The number of sulfonamides is 1. The van der Waals surface area contributed by atoms with E-state index in [9.17, 15) is 18.0 Å². The highest BCUT2D eigenvalue weighted by Gasteiger charge is 2.51. The van der Waals surface area contributed by atoms with Crippen molar-refractivity contribution in [1.29, 1.82) is 0 Å². The molecule has 0 N–H and O–H groups in total. The van der Waals surface area contributed by atoms with Gasteiger partial charge in [0.05, 0.1) is 23.6 Å². The molecule has 1 fully saturated rings. The molecule has 1 unspecified atom stereocenters. The summed E-state index contributed by atoms with van der Waals surface area (Å²) in [4.78, 5) is 27.3. The van der Waals surface area contributed by atoms with Gasteiger partial charge in [0.15, 0.2) is 0 Å². The van der Waals surface area contributed by atoms with Gasteiger partial charge < -0.3 is 4.74 Å². The molecule has 1 aliphatic heterocycles. The number of benzene rings is 2. The van der Waals surface area contributed by atoms with Crippen LogP contribution in [0.1, 0.15) is 40.5 Å². The molecule has 1 aliphatic rings. The van der Waals surface area contributed by atoms with Crippen molar-refractivity contribution in [2.45, 2.75) is 57.0 Å². The summed E-state index contributed by atoms with van der Waals surface area (Å²) in [5.41, 5.74) is -0.530. The van der Waals surface area contributed by atoms with Crippen LogP contribution in [0.5, 0.6) is 5.75 Å². The largest absolute Gasteiger partial charge is 0.494 e. The van der Waals surface area contributed by atoms with Crippen LogP contribution >= 0.6 is 11.6 Å². The minimum atomic E-state index is -4.09. The molecular weight excluding hydrogens is 452 g/mol. The molecule has 2 aromatic carbocycles. The number of ether oxygens (including phenoxy) is 1. The molecule has 1 saturated heterocycles. The SMILES string of the molecule is CCOc1ccc(N2C(=O)CC(N(C(C)(C)CC)S(=O)(=O)c3ccc(Cl)cc3)C2=O)cc1. The molecule has 9 heteroatoms. The second kappa shape index (κ2) is 9.21. The molecule has 0 spiro atoms. The number of carbonyl (C=O) groups is 2. The number of nitrogens with zero attached hydrogens (tertiary/aromatic N) is 2. The monoisotopic (exact) mass is 478 g/mol. The number of halogens is 1. The molecule has 1 atom stereocenters. The number of rotatable bonds is 8. The first-order chi connectivity index (χ1) is 15.0. The van der Waals surface area contributed by atoms with Crippen molar-refractivity contribution < 1.29 is 22.7 Å². The summed E-state index contributed by atoms with van der Waals surface area (Å²) in [6.45, 7) is 7.69. The molecule has 0 aliphatic carbocycles. The van der Waals surface area contributed by atoms with E-state index in [1.807, 2.05) is 13.8 Å². The minimum absolute atomic E-state index is 0.0168. The van der Waals surface area contributed by atoms with E-state index in [0.29, 0.717) is 29.5 Å². The standard InChI is InChI=1S/C23H27ClN2O5S/c1-5-23(3,4)26(32(29,30)19-13-7-16(24)8-14-19)20-15-21(27)25(22(20)28)17-9-11-18(12-10-17)31-6-2/h7-14,20H,5-6,15H2,1-4H3. The molecule has 3 rings (SSSR count). The topological polar surface area (TPSA) is 84.0 Å². The molecule has 2 amide bonds. The fourth-order valence-electron chi connectivity index (χ4n) is 3.72. The summed E-state index contributed by atoms with van der Waals surface area (Å²) >= 11 is 5.92. The second-order valence-electron chi connectivity index (χ2n) is 8.13. The molecule has 172 valence electrons. The number of hydrogen-bond donors (Lipinski definition) is 0. The molecule has 1 heterocycles. The van der Waals surface area contributed by atoms with Crippen LogP contribution in [0, 0.1) is 0 Å². The third-order valence-electron chi connectivity index (χ3n) is 5.64. The van der Waals surface area contributed by atoms with Gasteiger partial charge in [0.2, 0.25) is 15.9 Å². The maximum atomic E-state index is 13.6. The van der Waals surface area contributed by atoms with E-state index in [2.05, 4.69) is 0 Å². The summed E-state index contributed by atoms with van der Waals surface area (Å²) in [5.74, 6) is -0.406. The van der Waals surface area contributed by atoms with E-state index in [0.717, 1.165) is 4.90 Å². The summed E-state index contributed by atoms with van der Waals surface area (Å²) in [7, 11) is -4.09. The molecule has 0 radical (unpaired) electrons. The molecule has 2 aromatic rings. The molecule has 0 saturated carbocycles. The molecule has 7 nitrogen and oxygen atoms in total. The van der Waals surface area contributed by atoms with Crippen molar-refractivity contribution in [3.8, 4) is 5.75 Å². The predicted molar refractivity (Wildman–Crippen MR) is 123 cm³/mol. The Hall–Kier alpha value is -2.42. The highest BCUT2D eigenvalue weighted by molar-refractivity contribution is 7.89. The first-order valence-electron chi connectivity index (χ1n) is 10.4. The molecule has 0 bridgehead atoms. The summed E-state index contributed by atoms with van der Waals surface area (Å²) in [6.07, 6.45) is 0.211. The lowest BCUT2D eigenvalue weighted by Gasteiger charge is -2.39. The Balaban J connectivity index is 2.02. The smallest absolute Gasteiger partial charge is 0.252 e.